The molecule has 0 unspecified atom stereocenters. The molecule has 2 rings (SSSR count). The van der Waals surface area contributed by atoms with Gasteiger partial charge < -0.3 is 9.30 Å². The van der Waals surface area contributed by atoms with E-state index in [1.807, 2.05) is 13.1 Å². The van der Waals surface area contributed by atoms with Gasteiger partial charge in [0.15, 0.2) is 0 Å². The van der Waals surface area contributed by atoms with Crippen molar-refractivity contribution in [1.29, 1.82) is 0 Å². The highest BCUT2D eigenvalue weighted by Gasteiger charge is 2.05. The van der Waals surface area contributed by atoms with Gasteiger partial charge in [-0.2, -0.15) is 0 Å². The summed E-state index contributed by atoms with van der Waals surface area (Å²) in [5.41, 5.74) is 1.02. The smallest absolute Gasteiger partial charge is 0.130 e. The lowest BCUT2D eigenvalue weighted by atomic mass is 10.3. The molecular weight excluding hydrogens is 219 g/mol. The normalized spacial score (nSPS) is 10.5. The van der Waals surface area contributed by atoms with Gasteiger partial charge in [0, 0.05) is 6.54 Å². The van der Waals surface area contributed by atoms with Crippen LogP contribution in [-0.4, -0.2) is 9.55 Å². The molecule has 90 valence electrons. The van der Waals surface area contributed by atoms with Crippen molar-refractivity contribution in [1.82, 2.24) is 9.55 Å². The predicted molar refractivity (Wildman–Crippen MR) is 63.4 cm³/mol. The van der Waals surface area contributed by atoms with Gasteiger partial charge in [-0.1, -0.05) is 0 Å². The number of rotatable bonds is 4. The van der Waals surface area contributed by atoms with Gasteiger partial charge in [-0.15, -0.1) is 0 Å². The largest absolute Gasteiger partial charge is 0.487 e. The summed E-state index contributed by atoms with van der Waals surface area (Å²) < 4.78 is 20.4. The topological polar surface area (TPSA) is 27.1 Å². The van der Waals surface area contributed by atoms with E-state index in [9.17, 15) is 4.39 Å². The molecular formula is C13H15FN2O. The van der Waals surface area contributed by atoms with Gasteiger partial charge in [-0.25, -0.2) is 9.37 Å². The lowest BCUT2D eigenvalue weighted by molar-refractivity contribution is 0.294. The van der Waals surface area contributed by atoms with Crippen molar-refractivity contribution in [3.8, 4) is 5.75 Å². The van der Waals surface area contributed by atoms with Crippen molar-refractivity contribution < 1.29 is 9.13 Å². The van der Waals surface area contributed by atoms with Crippen molar-refractivity contribution >= 4 is 0 Å². The van der Waals surface area contributed by atoms with E-state index < -0.39 is 0 Å². The third kappa shape index (κ3) is 2.64. The highest BCUT2D eigenvalue weighted by atomic mass is 19.1. The van der Waals surface area contributed by atoms with Crippen LogP contribution >= 0.6 is 0 Å². The molecule has 17 heavy (non-hydrogen) atoms. The molecule has 4 heteroatoms. The molecule has 0 aliphatic carbocycles. The molecule has 0 aliphatic rings. The maximum atomic E-state index is 12.7. The van der Waals surface area contributed by atoms with E-state index >= 15 is 0 Å². The molecule has 0 radical (unpaired) electrons. The molecule has 0 amide bonds. The van der Waals surface area contributed by atoms with E-state index in [-0.39, 0.29) is 5.82 Å². The van der Waals surface area contributed by atoms with E-state index in [0.29, 0.717) is 12.4 Å². The number of imidazole rings is 1. The summed E-state index contributed by atoms with van der Waals surface area (Å²) in [4.78, 5) is 4.24. The number of hydrogen-bond acceptors (Lipinski definition) is 2. The summed E-state index contributed by atoms with van der Waals surface area (Å²) in [6, 6.07) is 6.01. The Morgan fingerprint density at radius 1 is 1.29 bits per heavy atom. The number of nitrogens with zero attached hydrogens (tertiary/aromatic N) is 2. The Morgan fingerprint density at radius 2 is 2.00 bits per heavy atom. The average molecular weight is 234 g/mol. The van der Waals surface area contributed by atoms with E-state index in [2.05, 4.69) is 16.5 Å². The van der Waals surface area contributed by atoms with Crippen LogP contribution in [0.4, 0.5) is 4.39 Å². The SMILES string of the molecule is CCn1c(COc2ccc(F)cc2)cnc1C. The molecule has 0 bridgehead atoms. The average Bonchev–Trinajstić information content (AvgIpc) is 2.69. The number of ether oxygens (including phenoxy) is 1. The molecule has 0 saturated carbocycles. The molecule has 0 N–H and O–H groups in total. The predicted octanol–water partition coefficient (Wildman–Crippen LogP) is 2.93. The molecule has 1 aromatic heterocycles. The van der Waals surface area contributed by atoms with Crippen LogP contribution in [0.15, 0.2) is 30.5 Å². The first-order chi connectivity index (χ1) is 8.20. The second-order valence-electron chi connectivity index (χ2n) is 3.78. The van der Waals surface area contributed by atoms with Crippen LogP contribution < -0.4 is 4.74 Å². The fourth-order valence-corrected chi connectivity index (χ4v) is 1.75. The standard InChI is InChI=1S/C13H15FN2O/c1-3-16-10(2)15-8-12(16)9-17-13-6-4-11(14)5-7-13/h4-8H,3,9H2,1-2H3. The van der Waals surface area contributed by atoms with E-state index in [4.69, 9.17) is 4.74 Å². The summed E-state index contributed by atoms with van der Waals surface area (Å²) >= 11 is 0. The van der Waals surface area contributed by atoms with Crippen LogP contribution in [0.5, 0.6) is 5.75 Å². The van der Waals surface area contributed by atoms with E-state index in [1.165, 1.54) is 12.1 Å². The maximum Gasteiger partial charge on any atom is 0.130 e. The Morgan fingerprint density at radius 3 is 2.65 bits per heavy atom. The van der Waals surface area contributed by atoms with E-state index in [0.717, 1.165) is 18.1 Å². The Kier molecular flexibility index (Phi) is 3.42. The molecule has 2 aromatic rings. The summed E-state index contributed by atoms with van der Waals surface area (Å²) in [5.74, 6) is 1.38. The molecule has 0 spiro atoms. The lowest BCUT2D eigenvalue weighted by Crippen LogP contribution is -2.06. The van der Waals surface area contributed by atoms with Crippen LogP contribution in [0.2, 0.25) is 0 Å². The molecule has 0 fully saturated rings. The van der Waals surface area contributed by atoms with Crippen LogP contribution in [0.25, 0.3) is 0 Å². The summed E-state index contributed by atoms with van der Waals surface area (Å²) in [7, 11) is 0. The number of aromatic nitrogens is 2. The van der Waals surface area contributed by atoms with Gasteiger partial charge in [0.25, 0.3) is 0 Å². The minimum atomic E-state index is -0.258. The Balaban J connectivity index is 2.04. The van der Waals surface area contributed by atoms with Crippen LogP contribution in [-0.2, 0) is 13.2 Å². The van der Waals surface area contributed by atoms with Gasteiger partial charge in [0.1, 0.15) is 24.0 Å². The lowest BCUT2D eigenvalue weighted by Gasteiger charge is -2.09. The zero-order chi connectivity index (χ0) is 12.3. The number of hydrogen-bond donors (Lipinski definition) is 0. The molecule has 0 saturated heterocycles. The summed E-state index contributed by atoms with van der Waals surface area (Å²) in [6.45, 7) is 5.34. The zero-order valence-electron chi connectivity index (χ0n) is 9.98. The van der Waals surface area contributed by atoms with Crippen molar-refractivity contribution in [3.05, 3.63) is 47.8 Å². The van der Waals surface area contributed by atoms with Crippen molar-refractivity contribution in [2.45, 2.75) is 27.0 Å². The minimum absolute atomic E-state index is 0.258. The first-order valence-corrected chi connectivity index (χ1v) is 5.60. The van der Waals surface area contributed by atoms with Crippen LogP contribution in [0.1, 0.15) is 18.4 Å². The highest BCUT2D eigenvalue weighted by molar-refractivity contribution is 5.22. The quantitative estimate of drug-likeness (QED) is 0.813. The van der Waals surface area contributed by atoms with Gasteiger partial charge in [0.2, 0.25) is 0 Å². The van der Waals surface area contributed by atoms with Gasteiger partial charge >= 0.3 is 0 Å². The van der Waals surface area contributed by atoms with Gasteiger partial charge in [-0.3, -0.25) is 0 Å². The Labute approximate surface area is 99.9 Å². The first kappa shape index (κ1) is 11.6. The van der Waals surface area contributed by atoms with Gasteiger partial charge in [0.05, 0.1) is 11.9 Å². The molecule has 1 heterocycles. The van der Waals surface area contributed by atoms with Crippen LogP contribution in [0.3, 0.4) is 0 Å². The third-order valence-electron chi connectivity index (χ3n) is 2.65. The maximum absolute atomic E-state index is 12.7. The first-order valence-electron chi connectivity index (χ1n) is 5.60. The van der Waals surface area contributed by atoms with Gasteiger partial charge in [-0.05, 0) is 38.1 Å². The second kappa shape index (κ2) is 4.99. The second-order valence-corrected chi connectivity index (χ2v) is 3.78. The Hall–Kier alpha value is -1.84. The Bertz CT molecular complexity index is 491. The fraction of sp³-hybridized carbons (Fsp3) is 0.308. The van der Waals surface area contributed by atoms with Crippen LogP contribution in [0, 0.1) is 12.7 Å². The summed E-state index contributed by atoms with van der Waals surface area (Å²) in [6.07, 6.45) is 1.81. The molecule has 3 nitrogen and oxygen atoms in total. The minimum Gasteiger partial charge on any atom is -0.487 e. The molecule has 1 aromatic carbocycles. The number of halogens is 1. The number of benzene rings is 1. The summed E-state index contributed by atoms with van der Waals surface area (Å²) in [5, 5.41) is 0. The molecule has 0 atom stereocenters. The number of aryl methyl sites for hydroxylation is 1. The van der Waals surface area contributed by atoms with E-state index in [1.54, 1.807) is 12.1 Å². The van der Waals surface area contributed by atoms with Crippen molar-refractivity contribution in [2.75, 3.05) is 0 Å². The highest BCUT2D eigenvalue weighted by Crippen LogP contribution is 2.14. The zero-order valence-corrected chi connectivity index (χ0v) is 9.98. The van der Waals surface area contributed by atoms with Crippen molar-refractivity contribution in [2.24, 2.45) is 0 Å². The van der Waals surface area contributed by atoms with Crippen molar-refractivity contribution in [3.63, 3.8) is 0 Å². The third-order valence-corrected chi connectivity index (χ3v) is 2.65. The monoisotopic (exact) mass is 234 g/mol. The molecule has 0 aliphatic heterocycles. The fourth-order valence-electron chi connectivity index (χ4n) is 1.75.